The number of benzene rings is 1. The molecule has 0 aliphatic carbocycles. The van der Waals surface area contributed by atoms with E-state index in [1.54, 1.807) is 18.1 Å². The molecule has 3 aliphatic rings. The Morgan fingerprint density at radius 3 is 2.75 bits per heavy atom. The second-order valence-corrected chi connectivity index (χ2v) is 5.77. The quantitative estimate of drug-likeness (QED) is 0.790. The number of amidine groups is 1. The predicted octanol–water partition coefficient (Wildman–Crippen LogP) is 1.46. The molecule has 0 radical (unpaired) electrons. The normalized spacial score (nSPS) is 25.1. The molecule has 3 aliphatic heterocycles. The van der Waals surface area contributed by atoms with Crippen LogP contribution in [0.25, 0.3) is 5.76 Å². The summed E-state index contributed by atoms with van der Waals surface area (Å²) in [5, 5.41) is 0. The molecule has 1 fully saturated rings. The highest BCUT2D eigenvalue weighted by Crippen LogP contribution is 2.35. The Balaban J connectivity index is 1.68. The Labute approximate surface area is 139 Å². The first kappa shape index (κ1) is 14.5. The second kappa shape index (κ2) is 5.23. The molecular weight excluding hydrogens is 308 g/mol. The van der Waals surface area contributed by atoms with E-state index in [2.05, 4.69) is 11.6 Å². The largest absolute Gasteiger partial charge is 0.423 e. The van der Waals surface area contributed by atoms with Crippen molar-refractivity contribution in [1.82, 2.24) is 14.7 Å². The molecule has 2 unspecified atom stereocenters. The molecule has 122 valence electrons. The molecule has 1 saturated heterocycles. The summed E-state index contributed by atoms with van der Waals surface area (Å²) in [7, 11) is 1.64. The van der Waals surface area contributed by atoms with E-state index >= 15 is 0 Å². The average Bonchev–Trinajstić information content (AvgIpc) is 3.15. The Morgan fingerprint density at radius 1 is 1.29 bits per heavy atom. The van der Waals surface area contributed by atoms with E-state index in [-0.39, 0.29) is 18.5 Å². The monoisotopic (exact) mass is 324 g/mol. The van der Waals surface area contributed by atoms with Crippen molar-refractivity contribution in [1.29, 1.82) is 0 Å². The van der Waals surface area contributed by atoms with Gasteiger partial charge in [-0.2, -0.15) is 0 Å². The zero-order valence-corrected chi connectivity index (χ0v) is 13.1. The first-order valence-electron chi connectivity index (χ1n) is 7.62. The highest BCUT2D eigenvalue weighted by Gasteiger charge is 2.53. The van der Waals surface area contributed by atoms with E-state index in [0.717, 1.165) is 5.56 Å². The number of urea groups is 1. The molecule has 0 bridgehead atoms. The highest BCUT2D eigenvalue weighted by molar-refractivity contribution is 6.04. The van der Waals surface area contributed by atoms with Crippen molar-refractivity contribution in [2.24, 2.45) is 4.99 Å². The van der Waals surface area contributed by atoms with Gasteiger partial charge >= 0.3 is 6.03 Å². The van der Waals surface area contributed by atoms with Crippen molar-refractivity contribution in [3.8, 4) is 0 Å². The number of amides is 3. The number of aliphatic imine (C=N–C) groups is 1. The molecule has 4 rings (SSSR count). The van der Waals surface area contributed by atoms with Crippen molar-refractivity contribution in [2.75, 3.05) is 13.6 Å². The summed E-state index contributed by atoms with van der Waals surface area (Å²) in [6.45, 7) is 3.78. The lowest BCUT2D eigenvalue weighted by molar-refractivity contribution is -0.136. The minimum Gasteiger partial charge on any atom is -0.423 e. The number of hydrogen-bond acceptors (Lipinski definition) is 5. The van der Waals surface area contributed by atoms with Crippen LogP contribution in [0.4, 0.5) is 4.79 Å². The number of rotatable bonds is 3. The standard InChI is InChI=1S/C17H16N4O3/c1-3-9-20-15(22)13-14(19(2)17(20)23)18-16-21(13)10-12(24-16)11-7-5-4-6-8-11/h3-8,10,13-14H,1,9H2,2H3. The van der Waals surface area contributed by atoms with E-state index in [9.17, 15) is 9.59 Å². The molecule has 0 saturated carbocycles. The van der Waals surface area contributed by atoms with Crippen LogP contribution >= 0.6 is 0 Å². The maximum absolute atomic E-state index is 12.8. The van der Waals surface area contributed by atoms with Crippen LogP contribution in [0.3, 0.4) is 0 Å². The van der Waals surface area contributed by atoms with Crippen molar-refractivity contribution >= 4 is 23.7 Å². The lowest BCUT2D eigenvalue weighted by Crippen LogP contribution is -2.64. The SMILES string of the molecule is C=CCN1C(=O)C2C(N=C3OC(c4ccccc4)=CN32)N(C)C1=O. The first-order valence-corrected chi connectivity index (χ1v) is 7.62. The van der Waals surface area contributed by atoms with Crippen LogP contribution in [-0.2, 0) is 9.53 Å². The van der Waals surface area contributed by atoms with Gasteiger partial charge in [-0.25, -0.2) is 9.79 Å². The predicted molar refractivity (Wildman–Crippen MR) is 87.4 cm³/mol. The van der Waals surface area contributed by atoms with Gasteiger partial charge in [-0.15, -0.1) is 6.58 Å². The van der Waals surface area contributed by atoms with Gasteiger partial charge in [0, 0.05) is 19.2 Å². The highest BCUT2D eigenvalue weighted by atomic mass is 16.5. The number of likely N-dealkylation sites (N-methyl/N-ethyl adjacent to an activating group) is 1. The van der Waals surface area contributed by atoms with Gasteiger partial charge in [0.05, 0.1) is 6.20 Å². The zero-order chi connectivity index (χ0) is 16.8. The number of imide groups is 1. The summed E-state index contributed by atoms with van der Waals surface area (Å²) in [6.07, 6.45) is 2.73. The molecule has 7 heteroatoms. The molecule has 2 atom stereocenters. The number of carbonyl (C=O) groups is 2. The van der Waals surface area contributed by atoms with Gasteiger partial charge in [-0.05, 0) is 0 Å². The number of ether oxygens (including phenoxy) is 1. The van der Waals surface area contributed by atoms with Crippen LogP contribution in [0, 0.1) is 0 Å². The van der Waals surface area contributed by atoms with Gasteiger partial charge in [-0.1, -0.05) is 36.4 Å². The summed E-state index contributed by atoms with van der Waals surface area (Å²) in [5.41, 5.74) is 0.904. The third-order valence-corrected chi connectivity index (χ3v) is 4.32. The molecule has 3 heterocycles. The smallest absolute Gasteiger partial charge is 0.328 e. The van der Waals surface area contributed by atoms with Crippen LogP contribution in [0.15, 0.2) is 54.2 Å². The van der Waals surface area contributed by atoms with Crippen LogP contribution in [-0.4, -0.2) is 58.5 Å². The Hall–Kier alpha value is -3.09. The Bertz CT molecular complexity index is 786. The van der Waals surface area contributed by atoms with E-state index in [4.69, 9.17) is 4.74 Å². The Morgan fingerprint density at radius 2 is 2.04 bits per heavy atom. The maximum atomic E-state index is 12.8. The molecule has 24 heavy (non-hydrogen) atoms. The average molecular weight is 324 g/mol. The van der Waals surface area contributed by atoms with Gasteiger partial charge < -0.3 is 9.64 Å². The minimum absolute atomic E-state index is 0.171. The van der Waals surface area contributed by atoms with E-state index in [0.29, 0.717) is 11.8 Å². The van der Waals surface area contributed by atoms with Gasteiger partial charge in [0.1, 0.15) is 0 Å². The molecule has 7 nitrogen and oxygen atoms in total. The van der Waals surface area contributed by atoms with Crippen LogP contribution in [0.1, 0.15) is 5.56 Å². The molecule has 0 spiro atoms. The van der Waals surface area contributed by atoms with Gasteiger partial charge in [0.2, 0.25) is 0 Å². The summed E-state index contributed by atoms with van der Waals surface area (Å²) in [4.78, 5) is 33.8. The van der Waals surface area contributed by atoms with Crippen molar-refractivity contribution in [3.63, 3.8) is 0 Å². The van der Waals surface area contributed by atoms with E-state index in [1.165, 1.54) is 15.9 Å². The minimum atomic E-state index is -0.608. The first-order chi connectivity index (χ1) is 11.6. The van der Waals surface area contributed by atoms with Crippen molar-refractivity contribution in [2.45, 2.75) is 12.2 Å². The Kier molecular flexibility index (Phi) is 3.16. The van der Waals surface area contributed by atoms with E-state index in [1.807, 2.05) is 30.3 Å². The van der Waals surface area contributed by atoms with Gasteiger partial charge in [-0.3, -0.25) is 14.6 Å². The van der Waals surface area contributed by atoms with Gasteiger partial charge in [0.15, 0.2) is 18.0 Å². The fourth-order valence-electron chi connectivity index (χ4n) is 3.11. The second-order valence-electron chi connectivity index (χ2n) is 5.77. The lowest BCUT2D eigenvalue weighted by Gasteiger charge is -2.39. The summed E-state index contributed by atoms with van der Waals surface area (Å²) < 4.78 is 5.80. The topological polar surface area (TPSA) is 65.5 Å². The summed E-state index contributed by atoms with van der Waals surface area (Å²) in [5.74, 6) is 0.339. The molecule has 1 aromatic carbocycles. The number of hydrogen-bond donors (Lipinski definition) is 0. The van der Waals surface area contributed by atoms with Gasteiger partial charge in [0.25, 0.3) is 11.9 Å². The molecule has 1 aromatic rings. The third-order valence-electron chi connectivity index (χ3n) is 4.32. The van der Waals surface area contributed by atoms with Crippen LogP contribution < -0.4 is 0 Å². The molecule has 3 amide bonds. The number of carbonyl (C=O) groups excluding carboxylic acids is 2. The van der Waals surface area contributed by atoms with E-state index < -0.39 is 12.2 Å². The fraction of sp³-hybridized carbons (Fsp3) is 0.235. The number of nitrogens with zero attached hydrogens (tertiary/aromatic N) is 4. The van der Waals surface area contributed by atoms with Crippen molar-refractivity contribution < 1.29 is 14.3 Å². The summed E-state index contributed by atoms with van der Waals surface area (Å²) in [6, 6.07) is 8.96. The van der Waals surface area contributed by atoms with Crippen molar-refractivity contribution in [3.05, 3.63) is 54.8 Å². The zero-order valence-electron chi connectivity index (χ0n) is 13.1. The molecular formula is C17H16N4O3. The molecule has 0 N–H and O–H groups in total. The lowest BCUT2D eigenvalue weighted by atomic mass is 10.1. The van der Waals surface area contributed by atoms with Crippen LogP contribution in [0.5, 0.6) is 0 Å². The molecule has 0 aromatic heterocycles. The third kappa shape index (κ3) is 1.94. The fourth-order valence-corrected chi connectivity index (χ4v) is 3.11. The maximum Gasteiger partial charge on any atom is 0.328 e. The van der Waals surface area contributed by atoms with Crippen LogP contribution in [0.2, 0.25) is 0 Å². The summed E-state index contributed by atoms with van der Waals surface area (Å²) >= 11 is 0. The number of fused-ring (bicyclic) bond motifs is 3.